The SMILES string of the molecule is C[N+](C)(C)CC(O)(CC(=O)[O-])C(=O)CCCCCCC/C=C\CCCCCCCCO. The predicted molar refractivity (Wildman–Crippen MR) is 123 cm³/mol. The van der Waals surface area contributed by atoms with Crippen molar-refractivity contribution in [2.24, 2.45) is 0 Å². The van der Waals surface area contributed by atoms with Gasteiger partial charge in [-0.2, -0.15) is 0 Å². The van der Waals surface area contributed by atoms with Gasteiger partial charge < -0.3 is 24.6 Å². The molecule has 0 fully saturated rings. The molecule has 6 nitrogen and oxygen atoms in total. The minimum atomic E-state index is -1.85. The van der Waals surface area contributed by atoms with Gasteiger partial charge in [-0.05, 0) is 38.5 Å². The zero-order valence-corrected chi connectivity index (χ0v) is 20.2. The van der Waals surface area contributed by atoms with E-state index in [4.69, 9.17) is 5.11 Å². The zero-order valence-electron chi connectivity index (χ0n) is 20.2. The summed E-state index contributed by atoms with van der Waals surface area (Å²) in [5, 5.41) is 30.3. The summed E-state index contributed by atoms with van der Waals surface area (Å²) in [5.41, 5.74) is -1.85. The Kier molecular flexibility index (Phi) is 16.6. The lowest BCUT2D eigenvalue weighted by Crippen LogP contribution is -2.56. The number of ketones is 1. The van der Waals surface area contributed by atoms with E-state index in [0.717, 1.165) is 51.4 Å². The number of hydrogen-bond donors (Lipinski definition) is 2. The first-order chi connectivity index (χ1) is 14.6. The Labute approximate surface area is 189 Å². The summed E-state index contributed by atoms with van der Waals surface area (Å²) in [7, 11) is 5.47. The molecule has 0 aliphatic rings. The van der Waals surface area contributed by atoms with Gasteiger partial charge in [-0.3, -0.25) is 4.79 Å². The molecule has 6 heteroatoms. The number of hydrogen-bond acceptors (Lipinski definition) is 5. The van der Waals surface area contributed by atoms with Crippen molar-refractivity contribution < 1.29 is 29.4 Å². The number of carboxylic acid groups (broad SMARTS) is 1. The number of carbonyl (C=O) groups excluding carboxylic acids is 2. The fourth-order valence-corrected chi connectivity index (χ4v) is 3.89. The molecular formula is C25H47NO5. The Morgan fingerprint density at radius 2 is 1.26 bits per heavy atom. The number of aliphatic hydroxyl groups excluding tert-OH is 1. The van der Waals surface area contributed by atoms with Crippen molar-refractivity contribution in [3.8, 4) is 0 Å². The summed E-state index contributed by atoms with van der Waals surface area (Å²) in [6.45, 7) is 0.377. The maximum absolute atomic E-state index is 12.5. The van der Waals surface area contributed by atoms with Crippen LogP contribution in [0.1, 0.15) is 96.3 Å². The van der Waals surface area contributed by atoms with Crippen LogP contribution < -0.4 is 5.11 Å². The molecule has 0 aromatic heterocycles. The molecule has 1 unspecified atom stereocenters. The molecular weight excluding hydrogens is 394 g/mol. The third-order valence-corrected chi connectivity index (χ3v) is 5.41. The topological polar surface area (TPSA) is 97.7 Å². The summed E-state index contributed by atoms with van der Waals surface area (Å²) < 4.78 is 0.313. The van der Waals surface area contributed by atoms with Gasteiger partial charge in [0.2, 0.25) is 0 Å². The quantitative estimate of drug-likeness (QED) is 0.162. The number of carboxylic acids is 1. The normalized spacial score (nSPS) is 14.1. The lowest BCUT2D eigenvalue weighted by molar-refractivity contribution is -0.875. The van der Waals surface area contributed by atoms with Gasteiger partial charge in [-0.1, -0.05) is 57.1 Å². The van der Waals surface area contributed by atoms with Crippen LogP contribution in [-0.4, -0.2) is 66.3 Å². The molecule has 0 heterocycles. The van der Waals surface area contributed by atoms with Crippen LogP contribution in [0.2, 0.25) is 0 Å². The smallest absolute Gasteiger partial charge is 0.177 e. The molecule has 0 saturated carbocycles. The van der Waals surface area contributed by atoms with E-state index < -0.39 is 18.0 Å². The van der Waals surface area contributed by atoms with Crippen LogP contribution in [0.25, 0.3) is 0 Å². The van der Waals surface area contributed by atoms with E-state index in [-0.39, 0.29) is 18.7 Å². The number of rotatable bonds is 21. The largest absolute Gasteiger partial charge is 0.550 e. The number of unbranched alkanes of at least 4 members (excludes halogenated alkanes) is 11. The van der Waals surface area contributed by atoms with Gasteiger partial charge in [0.1, 0.15) is 6.54 Å². The molecule has 0 aromatic rings. The standard InChI is InChI=1S/C25H47NO5/c1-26(2,3)22-25(31,21-24(29)30)23(28)19-17-15-13-11-9-7-5-4-6-8-10-12-14-16-18-20-27/h4-5,27,31H,6-22H2,1-3H3/b5-4-. The monoisotopic (exact) mass is 441 g/mol. The molecule has 2 N–H and O–H groups in total. The third kappa shape index (κ3) is 18.1. The number of allylic oxidation sites excluding steroid dienone is 2. The first-order valence-corrected chi connectivity index (χ1v) is 12.1. The lowest BCUT2D eigenvalue weighted by Gasteiger charge is -2.34. The van der Waals surface area contributed by atoms with Gasteiger partial charge in [0.15, 0.2) is 11.4 Å². The molecule has 0 aliphatic heterocycles. The maximum atomic E-state index is 12.5. The number of carbonyl (C=O) groups is 2. The first-order valence-electron chi connectivity index (χ1n) is 12.1. The van der Waals surface area contributed by atoms with Crippen LogP contribution in [0.4, 0.5) is 0 Å². The summed E-state index contributed by atoms with van der Waals surface area (Å²) in [6.07, 6.45) is 18.3. The molecule has 0 aliphatic carbocycles. The number of nitrogens with zero attached hydrogens (tertiary/aromatic N) is 1. The molecule has 0 bridgehead atoms. The fourth-order valence-electron chi connectivity index (χ4n) is 3.89. The van der Waals surface area contributed by atoms with Crippen LogP contribution in [0.3, 0.4) is 0 Å². The highest BCUT2D eigenvalue weighted by atomic mass is 16.4. The average Bonchev–Trinajstić information content (AvgIpc) is 2.65. The number of aliphatic hydroxyl groups is 2. The van der Waals surface area contributed by atoms with Gasteiger partial charge in [-0.25, -0.2) is 0 Å². The highest BCUT2D eigenvalue weighted by molar-refractivity contribution is 5.90. The molecule has 0 rings (SSSR count). The molecule has 0 aromatic carbocycles. The summed E-state index contributed by atoms with van der Waals surface area (Å²) in [6, 6.07) is 0. The summed E-state index contributed by atoms with van der Waals surface area (Å²) in [4.78, 5) is 23.4. The van der Waals surface area contributed by atoms with Crippen LogP contribution in [-0.2, 0) is 9.59 Å². The highest BCUT2D eigenvalue weighted by Gasteiger charge is 2.40. The average molecular weight is 442 g/mol. The fraction of sp³-hybridized carbons (Fsp3) is 0.840. The second-order valence-corrected chi connectivity index (χ2v) is 9.86. The van der Waals surface area contributed by atoms with Crippen molar-refractivity contribution >= 4 is 11.8 Å². The minimum absolute atomic E-state index is 0.0653. The van der Waals surface area contributed by atoms with Gasteiger partial charge in [0.05, 0.1) is 21.1 Å². The highest BCUT2D eigenvalue weighted by Crippen LogP contribution is 2.19. The van der Waals surface area contributed by atoms with E-state index in [9.17, 15) is 19.8 Å². The minimum Gasteiger partial charge on any atom is -0.550 e. The number of quaternary nitrogens is 1. The van der Waals surface area contributed by atoms with Crippen molar-refractivity contribution in [2.45, 2.75) is 102 Å². The summed E-state index contributed by atoms with van der Waals surface area (Å²) >= 11 is 0. The predicted octanol–water partition coefficient (Wildman–Crippen LogP) is 3.14. The third-order valence-electron chi connectivity index (χ3n) is 5.41. The molecule has 0 spiro atoms. The molecule has 182 valence electrons. The van der Waals surface area contributed by atoms with Gasteiger partial charge in [0, 0.05) is 25.4 Å². The molecule has 1 atom stereocenters. The number of Topliss-reactive ketones (excluding diaryl/α,β-unsaturated/α-hetero) is 1. The maximum Gasteiger partial charge on any atom is 0.177 e. The lowest BCUT2D eigenvalue weighted by atomic mass is 9.89. The number of likely N-dealkylation sites (N-methyl/N-ethyl adjacent to an activating group) is 1. The molecule has 0 radical (unpaired) electrons. The van der Waals surface area contributed by atoms with Crippen molar-refractivity contribution in [3.05, 3.63) is 12.2 Å². The second kappa shape index (κ2) is 17.3. The van der Waals surface area contributed by atoms with Crippen LogP contribution in [0.5, 0.6) is 0 Å². The first kappa shape index (κ1) is 29.8. The Bertz CT molecular complexity index is 513. The van der Waals surface area contributed by atoms with E-state index in [1.807, 2.05) is 21.1 Å². The Balaban J connectivity index is 3.80. The van der Waals surface area contributed by atoms with Crippen molar-refractivity contribution in [2.75, 3.05) is 34.3 Å². The van der Waals surface area contributed by atoms with Gasteiger partial charge in [-0.15, -0.1) is 0 Å². The van der Waals surface area contributed by atoms with E-state index in [1.165, 1.54) is 25.7 Å². The van der Waals surface area contributed by atoms with Crippen LogP contribution in [0, 0.1) is 0 Å². The molecule has 0 saturated heterocycles. The molecule has 0 amide bonds. The van der Waals surface area contributed by atoms with Gasteiger partial charge >= 0.3 is 0 Å². The zero-order chi connectivity index (χ0) is 23.6. The van der Waals surface area contributed by atoms with Gasteiger partial charge in [0.25, 0.3) is 0 Å². The van der Waals surface area contributed by atoms with E-state index in [2.05, 4.69) is 12.2 Å². The van der Waals surface area contributed by atoms with Crippen LogP contribution >= 0.6 is 0 Å². The van der Waals surface area contributed by atoms with Crippen LogP contribution in [0.15, 0.2) is 12.2 Å². The van der Waals surface area contributed by atoms with Crippen molar-refractivity contribution in [1.29, 1.82) is 0 Å². The Hall–Kier alpha value is -1.24. The molecule has 31 heavy (non-hydrogen) atoms. The van der Waals surface area contributed by atoms with Crippen molar-refractivity contribution in [3.63, 3.8) is 0 Å². The Morgan fingerprint density at radius 1 is 0.806 bits per heavy atom. The van der Waals surface area contributed by atoms with Crippen molar-refractivity contribution in [1.82, 2.24) is 0 Å². The van der Waals surface area contributed by atoms with E-state index >= 15 is 0 Å². The van der Waals surface area contributed by atoms with E-state index in [0.29, 0.717) is 17.5 Å². The van der Waals surface area contributed by atoms with E-state index in [1.54, 1.807) is 0 Å². The second-order valence-electron chi connectivity index (χ2n) is 9.86. The summed E-state index contributed by atoms with van der Waals surface area (Å²) in [5.74, 6) is -1.78. The number of aliphatic carboxylic acids is 1. The Morgan fingerprint density at radius 3 is 1.71 bits per heavy atom.